The van der Waals surface area contributed by atoms with Crippen molar-refractivity contribution in [3.8, 4) is 5.69 Å². The standard InChI is InChI=1S/C20H29N7O.HI/c1-3-22-20(26-11-9-16(10-12-26)13-19(28)21-2)23-14-18-25-24-15-27(18)17-7-5-4-6-8-17;/h4-8,15-16H,3,9-14H2,1-2H3,(H,21,28)(H,22,23);1H. The predicted octanol–water partition coefficient (Wildman–Crippen LogP) is 2.20. The average Bonchev–Trinajstić information content (AvgIpc) is 3.21. The maximum absolute atomic E-state index is 11.6. The number of amides is 1. The Bertz CT molecular complexity index is 785. The van der Waals surface area contributed by atoms with E-state index in [1.807, 2.05) is 34.9 Å². The number of halogens is 1. The van der Waals surface area contributed by atoms with E-state index in [1.165, 1.54) is 0 Å². The molecule has 3 rings (SSSR count). The zero-order chi connectivity index (χ0) is 19.8. The van der Waals surface area contributed by atoms with E-state index in [2.05, 4.69) is 32.7 Å². The number of carbonyl (C=O) groups excluding carboxylic acids is 1. The van der Waals surface area contributed by atoms with Crippen molar-refractivity contribution in [3.05, 3.63) is 42.5 Å². The molecular weight excluding hydrogens is 481 g/mol. The number of nitrogens with zero attached hydrogens (tertiary/aromatic N) is 5. The Labute approximate surface area is 189 Å². The maximum Gasteiger partial charge on any atom is 0.220 e. The molecule has 1 aliphatic heterocycles. The molecule has 8 nitrogen and oxygen atoms in total. The number of likely N-dealkylation sites (tertiary alicyclic amines) is 1. The highest BCUT2D eigenvalue weighted by molar-refractivity contribution is 14.0. The summed E-state index contributed by atoms with van der Waals surface area (Å²) in [6.07, 6.45) is 4.33. The van der Waals surface area contributed by atoms with Crippen LogP contribution in [0.4, 0.5) is 0 Å². The van der Waals surface area contributed by atoms with Gasteiger partial charge in [-0.25, -0.2) is 4.99 Å². The molecule has 0 spiro atoms. The molecule has 0 atom stereocenters. The second-order valence-electron chi connectivity index (χ2n) is 6.93. The summed E-state index contributed by atoms with van der Waals surface area (Å²) in [5, 5.41) is 14.4. The monoisotopic (exact) mass is 511 g/mol. The third kappa shape index (κ3) is 6.41. The van der Waals surface area contributed by atoms with E-state index in [0.29, 0.717) is 18.9 Å². The minimum absolute atomic E-state index is 0. The van der Waals surface area contributed by atoms with Crippen LogP contribution in [0.2, 0.25) is 0 Å². The van der Waals surface area contributed by atoms with Gasteiger partial charge in [0.2, 0.25) is 5.91 Å². The topological polar surface area (TPSA) is 87.4 Å². The molecule has 2 aromatic rings. The van der Waals surface area contributed by atoms with Gasteiger partial charge in [-0.3, -0.25) is 9.36 Å². The molecule has 29 heavy (non-hydrogen) atoms. The normalized spacial score (nSPS) is 15.0. The molecule has 1 saturated heterocycles. The Morgan fingerprint density at radius 2 is 1.97 bits per heavy atom. The second kappa shape index (κ2) is 11.7. The van der Waals surface area contributed by atoms with E-state index in [0.717, 1.165) is 49.9 Å². The molecule has 0 aliphatic carbocycles. The van der Waals surface area contributed by atoms with Crippen LogP contribution in [0.15, 0.2) is 41.7 Å². The number of guanidine groups is 1. The lowest BCUT2D eigenvalue weighted by molar-refractivity contribution is -0.121. The predicted molar refractivity (Wildman–Crippen MR) is 125 cm³/mol. The first-order valence-corrected chi connectivity index (χ1v) is 9.89. The van der Waals surface area contributed by atoms with Crippen molar-refractivity contribution in [2.75, 3.05) is 26.7 Å². The molecule has 1 aliphatic rings. The first-order chi connectivity index (χ1) is 13.7. The van der Waals surface area contributed by atoms with E-state index < -0.39 is 0 Å². The van der Waals surface area contributed by atoms with Gasteiger partial charge in [0.15, 0.2) is 11.8 Å². The Morgan fingerprint density at radius 1 is 1.24 bits per heavy atom. The zero-order valence-corrected chi connectivity index (χ0v) is 19.4. The number of hydrogen-bond donors (Lipinski definition) is 2. The quantitative estimate of drug-likeness (QED) is 0.353. The molecule has 0 saturated carbocycles. The summed E-state index contributed by atoms with van der Waals surface area (Å²) in [4.78, 5) is 18.7. The molecule has 2 heterocycles. The van der Waals surface area contributed by atoms with Gasteiger partial charge in [0, 0.05) is 38.8 Å². The lowest BCUT2D eigenvalue weighted by Gasteiger charge is -2.34. The zero-order valence-electron chi connectivity index (χ0n) is 17.0. The van der Waals surface area contributed by atoms with Crippen LogP contribution in [-0.4, -0.2) is 58.2 Å². The summed E-state index contributed by atoms with van der Waals surface area (Å²) in [5.74, 6) is 2.26. The molecule has 158 valence electrons. The van der Waals surface area contributed by atoms with Gasteiger partial charge < -0.3 is 15.5 Å². The van der Waals surface area contributed by atoms with E-state index in [4.69, 9.17) is 4.99 Å². The number of nitrogens with one attached hydrogen (secondary N) is 2. The fraction of sp³-hybridized carbons (Fsp3) is 0.500. The second-order valence-corrected chi connectivity index (χ2v) is 6.93. The van der Waals surface area contributed by atoms with Crippen molar-refractivity contribution in [2.45, 2.75) is 32.7 Å². The molecule has 1 fully saturated rings. The van der Waals surface area contributed by atoms with Crippen molar-refractivity contribution in [1.82, 2.24) is 30.3 Å². The SMILES string of the molecule is CCNC(=NCc1nncn1-c1ccccc1)N1CCC(CC(=O)NC)CC1.I. The van der Waals surface area contributed by atoms with Crippen LogP contribution in [0.3, 0.4) is 0 Å². The van der Waals surface area contributed by atoms with Gasteiger partial charge in [-0.15, -0.1) is 34.2 Å². The average molecular weight is 511 g/mol. The van der Waals surface area contributed by atoms with Crippen molar-refractivity contribution in [3.63, 3.8) is 0 Å². The van der Waals surface area contributed by atoms with Crippen LogP contribution in [0.1, 0.15) is 32.0 Å². The van der Waals surface area contributed by atoms with Crippen LogP contribution in [0.5, 0.6) is 0 Å². The summed E-state index contributed by atoms with van der Waals surface area (Å²) in [6, 6.07) is 10.0. The minimum Gasteiger partial charge on any atom is -0.359 e. The third-order valence-electron chi connectivity index (χ3n) is 5.02. The maximum atomic E-state index is 11.6. The highest BCUT2D eigenvalue weighted by Gasteiger charge is 2.23. The molecular formula is C20H30IN7O. The van der Waals surface area contributed by atoms with Crippen LogP contribution >= 0.6 is 24.0 Å². The van der Waals surface area contributed by atoms with Crippen molar-refractivity contribution >= 4 is 35.8 Å². The van der Waals surface area contributed by atoms with E-state index in [1.54, 1.807) is 13.4 Å². The molecule has 1 aromatic carbocycles. The first kappa shape index (κ1) is 23.1. The molecule has 1 amide bonds. The largest absolute Gasteiger partial charge is 0.359 e. The van der Waals surface area contributed by atoms with Gasteiger partial charge in [0.25, 0.3) is 0 Å². The highest BCUT2D eigenvalue weighted by atomic mass is 127. The van der Waals surface area contributed by atoms with Crippen LogP contribution in [0, 0.1) is 5.92 Å². The van der Waals surface area contributed by atoms with Gasteiger partial charge in [0.05, 0.1) is 0 Å². The Morgan fingerprint density at radius 3 is 2.62 bits per heavy atom. The summed E-state index contributed by atoms with van der Waals surface area (Å²) in [7, 11) is 1.70. The fourth-order valence-corrected chi connectivity index (χ4v) is 3.46. The van der Waals surface area contributed by atoms with Gasteiger partial charge in [-0.1, -0.05) is 18.2 Å². The van der Waals surface area contributed by atoms with Crippen molar-refractivity contribution < 1.29 is 4.79 Å². The summed E-state index contributed by atoms with van der Waals surface area (Å²) in [6.45, 7) is 5.13. The molecule has 1 aromatic heterocycles. The molecule has 2 N–H and O–H groups in total. The summed E-state index contributed by atoms with van der Waals surface area (Å²) in [5.41, 5.74) is 1.03. The van der Waals surface area contributed by atoms with Gasteiger partial charge >= 0.3 is 0 Å². The van der Waals surface area contributed by atoms with Crippen LogP contribution in [0.25, 0.3) is 5.69 Å². The fourth-order valence-electron chi connectivity index (χ4n) is 3.46. The molecule has 0 bridgehead atoms. The number of aliphatic imine (C=N–C) groups is 1. The minimum atomic E-state index is 0. The number of para-hydroxylation sites is 1. The molecule has 9 heteroatoms. The summed E-state index contributed by atoms with van der Waals surface area (Å²) >= 11 is 0. The van der Waals surface area contributed by atoms with E-state index >= 15 is 0 Å². The first-order valence-electron chi connectivity index (χ1n) is 9.89. The van der Waals surface area contributed by atoms with E-state index in [9.17, 15) is 4.79 Å². The lowest BCUT2D eigenvalue weighted by Crippen LogP contribution is -2.46. The number of piperidine rings is 1. The highest BCUT2D eigenvalue weighted by Crippen LogP contribution is 2.20. The third-order valence-corrected chi connectivity index (χ3v) is 5.02. The molecule has 0 unspecified atom stereocenters. The van der Waals surface area contributed by atoms with E-state index in [-0.39, 0.29) is 29.9 Å². The number of carbonyl (C=O) groups is 1. The van der Waals surface area contributed by atoms with Gasteiger partial charge in [-0.05, 0) is 37.8 Å². The summed E-state index contributed by atoms with van der Waals surface area (Å²) < 4.78 is 1.96. The lowest BCUT2D eigenvalue weighted by atomic mass is 9.93. The smallest absolute Gasteiger partial charge is 0.220 e. The van der Waals surface area contributed by atoms with Crippen molar-refractivity contribution in [1.29, 1.82) is 0 Å². The number of rotatable bonds is 6. The number of benzene rings is 1. The van der Waals surface area contributed by atoms with Crippen molar-refractivity contribution in [2.24, 2.45) is 10.9 Å². The van der Waals surface area contributed by atoms with Gasteiger partial charge in [-0.2, -0.15) is 0 Å². The Kier molecular flexibility index (Phi) is 9.36. The Hall–Kier alpha value is -2.17. The molecule has 0 radical (unpaired) electrons. The van der Waals surface area contributed by atoms with Crippen LogP contribution < -0.4 is 10.6 Å². The number of aromatic nitrogens is 3. The number of hydrogen-bond acceptors (Lipinski definition) is 4. The Balaban J connectivity index is 0.00000300. The van der Waals surface area contributed by atoms with Crippen LogP contribution in [-0.2, 0) is 11.3 Å². The van der Waals surface area contributed by atoms with Gasteiger partial charge in [0.1, 0.15) is 12.9 Å².